The molecule has 0 aliphatic heterocycles. The summed E-state index contributed by atoms with van der Waals surface area (Å²) in [4.78, 5) is 33.7. The molecule has 26 heavy (non-hydrogen) atoms. The van der Waals surface area contributed by atoms with Crippen LogP contribution in [0.4, 0.5) is 0 Å². The Kier molecular flexibility index (Phi) is 3.28. The van der Waals surface area contributed by atoms with E-state index in [0.29, 0.717) is 22.9 Å². The molecular weight excluding hydrogens is 332 g/mol. The first-order valence-electron chi connectivity index (χ1n) is 8.65. The number of nitrogens with zero attached hydrogens (tertiary/aromatic N) is 2. The smallest absolute Gasteiger partial charge is 0.305 e. The Bertz CT molecular complexity index is 1030. The Hall–Kier alpha value is -3.22. The lowest BCUT2D eigenvalue weighted by molar-refractivity contribution is 0.0831. The topological polar surface area (TPSA) is 97.1 Å². The lowest BCUT2D eigenvalue weighted by Crippen LogP contribution is -2.41. The molecular formula is C19H16N4O3. The van der Waals surface area contributed by atoms with Gasteiger partial charge in [-0.3, -0.25) is 20.4 Å². The zero-order valence-corrected chi connectivity index (χ0v) is 13.9. The molecule has 0 spiro atoms. The summed E-state index contributed by atoms with van der Waals surface area (Å²) in [5.41, 5.74) is 8.86. The quantitative estimate of drug-likeness (QED) is 0.694. The summed E-state index contributed by atoms with van der Waals surface area (Å²) in [5.74, 6) is 0.248. The van der Waals surface area contributed by atoms with Crippen LogP contribution < -0.4 is 10.9 Å². The average molecular weight is 348 g/mol. The number of furan rings is 1. The van der Waals surface area contributed by atoms with E-state index in [0.717, 1.165) is 23.3 Å². The number of aromatic nitrogens is 2. The van der Waals surface area contributed by atoms with Gasteiger partial charge in [-0.05, 0) is 49.6 Å². The van der Waals surface area contributed by atoms with Crippen molar-refractivity contribution in [2.24, 2.45) is 0 Å². The van der Waals surface area contributed by atoms with Gasteiger partial charge in [-0.15, -0.1) is 0 Å². The van der Waals surface area contributed by atoms with Gasteiger partial charge < -0.3 is 4.42 Å². The Balaban J connectivity index is 1.37. The molecule has 2 atom stereocenters. The van der Waals surface area contributed by atoms with E-state index in [9.17, 15) is 9.59 Å². The molecule has 3 aromatic rings. The molecule has 130 valence electrons. The molecule has 7 nitrogen and oxygen atoms in total. The Morgan fingerprint density at radius 3 is 2.42 bits per heavy atom. The van der Waals surface area contributed by atoms with Crippen LogP contribution in [0.15, 0.2) is 41.0 Å². The van der Waals surface area contributed by atoms with Crippen molar-refractivity contribution >= 4 is 22.8 Å². The minimum Gasteiger partial charge on any atom is -0.459 e. The largest absolute Gasteiger partial charge is 0.459 e. The summed E-state index contributed by atoms with van der Waals surface area (Å²) in [6.07, 6.45) is 4.92. The zero-order valence-electron chi connectivity index (χ0n) is 13.9. The van der Waals surface area contributed by atoms with Crippen LogP contribution in [0.1, 0.15) is 63.4 Å². The van der Waals surface area contributed by atoms with Crippen molar-refractivity contribution in [1.82, 2.24) is 20.8 Å². The van der Waals surface area contributed by atoms with E-state index >= 15 is 0 Å². The van der Waals surface area contributed by atoms with Gasteiger partial charge in [0.05, 0.1) is 28.7 Å². The van der Waals surface area contributed by atoms with E-state index in [1.165, 1.54) is 25.2 Å². The highest BCUT2D eigenvalue weighted by Gasteiger charge is 2.39. The number of hydrogen-bond acceptors (Lipinski definition) is 5. The Morgan fingerprint density at radius 1 is 0.962 bits per heavy atom. The summed E-state index contributed by atoms with van der Waals surface area (Å²) in [5, 5.41) is 0. The number of hydrazine groups is 1. The fourth-order valence-electron chi connectivity index (χ4n) is 3.96. The average Bonchev–Trinajstić information content (AvgIpc) is 3.41. The minimum atomic E-state index is -0.516. The second kappa shape index (κ2) is 5.66. The van der Waals surface area contributed by atoms with Crippen LogP contribution >= 0.6 is 0 Å². The number of carbonyl (C=O) groups is 2. The van der Waals surface area contributed by atoms with Crippen molar-refractivity contribution < 1.29 is 14.0 Å². The van der Waals surface area contributed by atoms with Crippen LogP contribution in [0.2, 0.25) is 0 Å². The summed E-state index contributed by atoms with van der Waals surface area (Å²) in [7, 11) is 0. The molecule has 0 saturated heterocycles. The molecule has 1 aromatic carbocycles. The maximum atomic E-state index is 12.3. The molecule has 1 saturated carbocycles. The van der Waals surface area contributed by atoms with Crippen molar-refractivity contribution in [3.63, 3.8) is 0 Å². The molecule has 2 aromatic heterocycles. The highest BCUT2D eigenvalue weighted by Crippen LogP contribution is 2.51. The van der Waals surface area contributed by atoms with E-state index in [4.69, 9.17) is 14.4 Å². The van der Waals surface area contributed by atoms with Crippen LogP contribution in [-0.4, -0.2) is 21.8 Å². The molecule has 2 unspecified atom stereocenters. The number of nitrogens with one attached hydrogen (secondary N) is 2. The van der Waals surface area contributed by atoms with Gasteiger partial charge in [0.25, 0.3) is 5.91 Å². The zero-order chi connectivity index (χ0) is 17.7. The Labute approximate surface area is 148 Å². The minimum absolute atomic E-state index is 0.125. The normalized spacial score (nSPS) is 20.2. The summed E-state index contributed by atoms with van der Waals surface area (Å²) < 4.78 is 4.98. The number of amides is 2. The molecule has 5 rings (SSSR count). The highest BCUT2D eigenvalue weighted by molar-refractivity contribution is 5.99. The lowest BCUT2D eigenvalue weighted by atomic mass is 10.00. The molecule has 2 heterocycles. The van der Waals surface area contributed by atoms with Crippen LogP contribution in [0.3, 0.4) is 0 Å². The summed E-state index contributed by atoms with van der Waals surface area (Å²) in [6.45, 7) is 0. The fourth-order valence-corrected chi connectivity index (χ4v) is 3.96. The SMILES string of the molecule is O=C(NNC(=O)c1ccco1)c1ccc2nc3c(nc2c1)C1CCC3C1. The molecule has 2 amide bonds. The second-order valence-corrected chi connectivity index (χ2v) is 6.79. The molecule has 7 heteroatoms. The predicted molar refractivity (Wildman–Crippen MR) is 92.5 cm³/mol. The van der Waals surface area contributed by atoms with Gasteiger partial charge >= 0.3 is 5.91 Å². The number of hydrogen-bond donors (Lipinski definition) is 2. The van der Waals surface area contributed by atoms with Crippen molar-refractivity contribution in [3.8, 4) is 0 Å². The summed E-state index contributed by atoms with van der Waals surface area (Å²) >= 11 is 0. The van der Waals surface area contributed by atoms with Crippen LogP contribution in [0, 0.1) is 0 Å². The molecule has 2 aliphatic carbocycles. The van der Waals surface area contributed by atoms with E-state index in [1.54, 1.807) is 24.3 Å². The van der Waals surface area contributed by atoms with E-state index in [2.05, 4.69) is 10.9 Å². The van der Waals surface area contributed by atoms with Crippen LogP contribution in [-0.2, 0) is 0 Å². The number of carbonyl (C=O) groups excluding carboxylic acids is 2. The first kappa shape index (κ1) is 15.1. The van der Waals surface area contributed by atoms with Crippen LogP contribution in [0.25, 0.3) is 11.0 Å². The van der Waals surface area contributed by atoms with Gasteiger partial charge in [0.2, 0.25) is 0 Å². The van der Waals surface area contributed by atoms with Gasteiger partial charge in [-0.25, -0.2) is 9.97 Å². The van der Waals surface area contributed by atoms with Gasteiger partial charge in [0, 0.05) is 17.4 Å². The molecule has 0 radical (unpaired) electrons. The lowest BCUT2D eigenvalue weighted by Gasteiger charge is -2.14. The summed E-state index contributed by atoms with van der Waals surface area (Å²) in [6, 6.07) is 8.32. The highest BCUT2D eigenvalue weighted by atomic mass is 16.3. The van der Waals surface area contributed by atoms with Crippen molar-refractivity contribution in [2.75, 3.05) is 0 Å². The standard InChI is InChI=1S/C19H16N4O3/c24-18(22-23-19(25)15-2-1-7-26-15)12-5-6-13-14(9-12)21-17-11-4-3-10(8-11)16(17)20-13/h1-2,5-7,9-11H,3-4,8H2,(H,22,24)(H,23,25). The monoisotopic (exact) mass is 348 g/mol. The third-order valence-electron chi connectivity index (χ3n) is 5.22. The van der Waals surface area contributed by atoms with Gasteiger partial charge in [-0.2, -0.15) is 0 Å². The number of fused-ring (bicyclic) bond motifs is 6. The van der Waals surface area contributed by atoms with E-state index in [1.807, 2.05) is 0 Å². The van der Waals surface area contributed by atoms with E-state index < -0.39 is 11.8 Å². The van der Waals surface area contributed by atoms with Crippen LogP contribution in [0.5, 0.6) is 0 Å². The third-order valence-corrected chi connectivity index (χ3v) is 5.22. The second-order valence-electron chi connectivity index (χ2n) is 6.79. The van der Waals surface area contributed by atoms with Gasteiger partial charge in [0.15, 0.2) is 5.76 Å². The maximum Gasteiger partial charge on any atom is 0.305 e. The maximum absolute atomic E-state index is 12.3. The predicted octanol–water partition coefficient (Wildman–Crippen LogP) is 2.66. The third kappa shape index (κ3) is 2.35. The Morgan fingerprint density at radius 2 is 1.69 bits per heavy atom. The first-order chi connectivity index (χ1) is 12.7. The first-order valence-corrected chi connectivity index (χ1v) is 8.65. The van der Waals surface area contributed by atoms with Crippen molar-refractivity contribution in [1.29, 1.82) is 0 Å². The number of benzene rings is 1. The number of rotatable bonds is 2. The van der Waals surface area contributed by atoms with E-state index in [-0.39, 0.29) is 5.76 Å². The van der Waals surface area contributed by atoms with Gasteiger partial charge in [0.1, 0.15) is 0 Å². The molecule has 2 aliphatic rings. The molecule has 2 bridgehead atoms. The van der Waals surface area contributed by atoms with Gasteiger partial charge in [-0.1, -0.05) is 0 Å². The molecule has 2 N–H and O–H groups in total. The van der Waals surface area contributed by atoms with Crippen molar-refractivity contribution in [2.45, 2.75) is 31.1 Å². The molecule has 1 fully saturated rings. The fraction of sp³-hybridized carbons (Fsp3) is 0.263. The van der Waals surface area contributed by atoms with Crippen molar-refractivity contribution in [3.05, 3.63) is 59.3 Å².